The van der Waals surface area contributed by atoms with Crippen molar-refractivity contribution in [3.05, 3.63) is 29.6 Å². The van der Waals surface area contributed by atoms with Crippen LogP contribution in [0, 0.1) is 5.82 Å². The third-order valence-corrected chi connectivity index (χ3v) is 2.07. The van der Waals surface area contributed by atoms with Crippen LogP contribution in [0.3, 0.4) is 0 Å². The van der Waals surface area contributed by atoms with Crippen LogP contribution in [0.2, 0.25) is 0 Å². The summed E-state index contributed by atoms with van der Waals surface area (Å²) in [5.74, 6) is -0.655. The monoisotopic (exact) mass is 240 g/mol. The highest BCUT2D eigenvalue weighted by Gasteiger charge is 2.03. The number of hydrogen-bond acceptors (Lipinski definition) is 3. The molecule has 0 spiro atoms. The molecule has 94 valence electrons. The number of amides is 1. The minimum atomic E-state index is -0.583. The molecule has 1 aromatic carbocycles. The van der Waals surface area contributed by atoms with Gasteiger partial charge in [0.15, 0.2) is 6.61 Å². The highest BCUT2D eigenvalue weighted by molar-refractivity contribution is 5.75. The molecule has 0 bridgehead atoms. The first-order valence-corrected chi connectivity index (χ1v) is 5.53. The molecule has 0 aliphatic heterocycles. The molecule has 1 rings (SSSR count). The number of carbonyl (C=O) groups excluding carboxylic acids is 1. The summed E-state index contributed by atoms with van der Waals surface area (Å²) in [5.41, 5.74) is 5.72. The molecule has 0 fully saturated rings. The first-order valence-electron chi connectivity index (χ1n) is 5.53. The second-order valence-corrected chi connectivity index (χ2v) is 3.73. The van der Waals surface area contributed by atoms with E-state index in [0.29, 0.717) is 12.3 Å². The van der Waals surface area contributed by atoms with E-state index in [1.807, 2.05) is 0 Å². The minimum Gasteiger partial charge on any atom is -0.484 e. The SMILES string of the molecule is CCCNCc1cc(F)cc(OCC(N)=O)c1. The number of nitrogens with one attached hydrogen (secondary N) is 1. The average molecular weight is 240 g/mol. The lowest BCUT2D eigenvalue weighted by Crippen LogP contribution is -2.20. The fourth-order valence-corrected chi connectivity index (χ4v) is 1.37. The molecule has 1 aromatic rings. The molecule has 5 heteroatoms. The first kappa shape index (κ1) is 13.4. The van der Waals surface area contributed by atoms with Gasteiger partial charge in [0.2, 0.25) is 0 Å². The van der Waals surface area contributed by atoms with E-state index in [0.717, 1.165) is 18.5 Å². The molecule has 17 heavy (non-hydrogen) atoms. The zero-order valence-electron chi connectivity index (χ0n) is 9.83. The standard InChI is InChI=1S/C12H17FN2O2/c1-2-3-15-7-9-4-10(13)6-11(5-9)17-8-12(14)16/h4-6,15H,2-3,7-8H2,1H3,(H2,14,16). The fraction of sp³-hybridized carbons (Fsp3) is 0.417. The Bertz CT molecular complexity index is 383. The van der Waals surface area contributed by atoms with E-state index in [4.69, 9.17) is 10.5 Å². The van der Waals surface area contributed by atoms with E-state index in [-0.39, 0.29) is 12.4 Å². The van der Waals surface area contributed by atoms with E-state index in [9.17, 15) is 9.18 Å². The zero-order chi connectivity index (χ0) is 12.7. The van der Waals surface area contributed by atoms with Crippen molar-refractivity contribution in [2.24, 2.45) is 5.73 Å². The Morgan fingerprint density at radius 2 is 2.24 bits per heavy atom. The number of carbonyl (C=O) groups is 1. The van der Waals surface area contributed by atoms with Gasteiger partial charge >= 0.3 is 0 Å². The molecule has 0 saturated heterocycles. The largest absolute Gasteiger partial charge is 0.484 e. The summed E-state index contributed by atoms with van der Waals surface area (Å²) in [5, 5.41) is 3.16. The van der Waals surface area contributed by atoms with Crippen LogP contribution in [-0.4, -0.2) is 19.1 Å². The van der Waals surface area contributed by atoms with Crippen LogP contribution in [-0.2, 0) is 11.3 Å². The van der Waals surface area contributed by atoms with Gasteiger partial charge in [-0.1, -0.05) is 6.92 Å². The van der Waals surface area contributed by atoms with Crippen molar-refractivity contribution < 1.29 is 13.9 Å². The third-order valence-electron chi connectivity index (χ3n) is 2.07. The maximum absolute atomic E-state index is 13.2. The van der Waals surface area contributed by atoms with Gasteiger partial charge in [0.25, 0.3) is 5.91 Å². The van der Waals surface area contributed by atoms with E-state index in [1.165, 1.54) is 12.1 Å². The predicted molar refractivity (Wildman–Crippen MR) is 63.1 cm³/mol. The highest BCUT2D eigenvalue weighted by atomic mass is 19.1. The van der Waals surface area contributed by atoms with Gasteiger partial charge in [-0.25, -0.2) is 4.39 Å². The molecule has 0 heterocycles. The quantitative estimate of drug-likeness (QED) is 0.704. The summed E-state index contributed by atoms with van der Waals surface area (Å²) in [4.78, 5) is 10.5. The maximum atomic E-state index is 13.2. The maximum Gasteiger partial charge on any atom is 0.255 e. The number of primary amides is 1. The summed E-state index contributed by atoms with van der Waals surface area (Å²) >= 11 is 0. The second-order valence-electron chi connectivity index (χ2n) is 3.73. The molecular weight excluding hydrogens is 223 g/mol. The molecule has 0 aliphatic carbocycles. The van der Waals surface area contributed by atoms with Crippen molar-refractivity contribution in [2.45, 2.75) is 19.9 Å². The van der Waals surface area contributed by atoms with Crippen LogP contribution in [0.5, 0.6) is 5.75 Å². The van der Waals surface area contributed by atoms with Gasteiger partial charge in [0.1, 0.15) is 11.6 Å². The van der Waals surface area contributed by atoms with Crippen LogP contribution >= 0.6 is 0 Å². The first-order chi connectivity index (χ1) is 8.11. The van der Waals surface area contributed by atoms with Gasteiger partial charge < -0.3 is 15.8 Å². The topological polar surface area (TPSA) is 64.3 Å². The number of halogens is 1. The molecule has 0 unspecified atom stereocenters. The lowest BCUT2D eigenvalue weighted by Gasteiger charge is -2.08. The molecule has 4 nitrogen and oxygen atoms in total. The molecule has 0 saturated carbocycles. The summed E-state index contributed by atoms with van der Waals surface area (Å²) in [7, 11) is 0. The molecule has 3 N–H and O–H groups in total. The van der Waals surface area contributed by atoms with Crippen LogP contribution in [0.1, 0.15) is 18.9 Å². The smallest absolute Gasteiger partial charge is 0.255 e. The van der Waals surface area contributed by atoms with Crippen LogP contribution < -0.4 is 15.8 Å². The summed E-state index contributed by atoms with van der Waals surface area (Å²) in [6.45, 7) is 3.25. The average Bonchev–Trinajstić information content (AvgIpc) is 2.26. The Hall–Kier alpha value is -1.62. The lowest BCUT2D eigenvalue weighted by atomic mass is 10.2. The van der Waals surface area contributed by atoms with Crippen LogP contribution in [0.4, 0.5) is 4.39 Å². The number of nitrogens with two attached hydrogens (primary N) is 1. The van der Waals surface area contributed by atoms with Gasteiger partial charge in [0, 0.05) is 12.6 Å². The van der Waals surface area contributed by atoms with E-state index in [1.54, 1.807) is 6.07 Å². The van der Waals surface area contributed by atoms with E-state index < -0.39 is 5.91 Å². The number of ether oxygens (including phenoxy) is 1. The van der Waals surface area contributed by atoms with Crippen molar-refractivity contribution in [3.8, 4) is 5.75 Å². The number of rotatable bonds is 7. The summed E-state index contributed by atoms with van der Waals surface area (Å²) in [6.07, 6.45) is 1.01. The molecule has 0 aromatic heterocycles. The Morgan fingerprint density at radius 3 is 2.88 bits per heavy atom. The summed E-state index contributed by atoms with van der Waals surface area (Å²) in [6, 6.07) is 4.35. The summed E-state index contributed by atoms with van der Waals surface area (Å²) < 4.78 is 18.3. The van der Waals surface area contributed by atoms with Crippen molar-refractivity contribution in [2.75, 3.05) is 13.2 Å². The Kier molecular flexibility index (Phi) is 5.42. The van der Waals surface area contributed by atoms with Gasteiger partial charge in [-0.3, -0.25) is 4.79 Å². The molecule has 0 aliphatic rings. The van der Waals surface area contributed by atoms with E-state index >= 15 is 0 Å². The van der Waals surface area contributed by atoms with Gasteiger partial charge in [-0.2, -0.15) is 0 Å². The lowest BCUT2D eigenvalue weighted by molar-refractivity contribution is -0.119. The van der Waals surface area contributed by atoms with Crippen molar-refractivity contribution >= 4 is 5.91 Å². The van der Waals surface area contributed by atoms with E-state index in [2.05, 4.69) is 12.2 Å². The molecule has 0 radical (unpaired) electrons. The Balaban J connectivity index is 2.62. The molecule has 1 amide bonds. The number of benzene rings is 1. The predicted octanol–water partition coefficient (Wildman–Crippen LogP) is 1.19. The van der Waals surface area contributed by atoms with Crippen LogP contribution in [0.15, 0.2) is 18.2 Å². The molecule has 0 atom stereocenters. The van der Waals surface area contributed by atoms with Gasteiger partial charge in [0.05, 0.1) is 0 Å². The second kappa shape index (κ2) is 6.85. The van der Waals surface area contributed by atoms with Crippen LogP contribution in [0.25, 0.3) is 0 Å². The minimum absolute atomic E-state index is 0.245. The molecular formula is C12H17FN2O2. The van der Waals surface area contributed by atoms with Gasteiger partial charge in [-0.05, 0) is 30.7 Å². The van der Waals surface area contributed by atoms with Gasteiger partial charge in [-0.15, -0.1) is 0 Å². The van der Waals surface area contributed by atoms with Crippen molar-refractivity contribution in [1.29, 1.82) is 0 Å². The Labute approximate surface area is 100.0 Å². The zero-order valence-corrected chi connectivity index (χ0v) is 9.83. The van der Waals surface area contributed by atoms with Crippen molar-refractivity contribution in [3.63, 3.8) is 0 Å². The Morgan fingerprint density at radius 1 is 1.47 bits per heavy atom. The number of hydrogen-bond donors (Lipinski definition) is 2. The fourth-order valence-electron chi connectivity index (χ4n) is 1.37. The van der Waals surface area contributed by atoms with Crippen molar-refractivity contribution in [1.82, 2.24) is 5.32 Å². The third kappa shape index (κ3) is 5.31. The highest BCUT2D eigenvalue weighted by Crippen LogP contribution is 2.16. The normalized spacial score (nSPS) is 10.2.